The summed E-state index contributed by atoms with van der Waals surface area (Å²) in [5, 5.41) is 0. The van der Waals surface area contributed by atoms with Gasteiger partial charge >= 0.3 is 0 Å². The second-order valence-electron chi connectivity index (χ2n) is 4.73. The highest BCUT2D eigenvalue weighted by atomic mass is 16.5. The lowest BCUT2D eigenvalue weighted by Crippen LogP contribution is -2.25. The molecule has 0 aromatic rings. The van der Waals surface area contributed by atoms with Gasteiger partial charge in [-0.25, -0.2) is 0 Å². The predicted molar refractivity (Wildman–Crippen MR) is 57.7 cm³/mol. The van der Waals surface area contributed by atoms with Gasteiger partial charge in [0.15, 0.2) is 0 Å². The van der Waals surface area contributed by atoms with E-state index < -0.39 is 0 Å². The summed E-state index contributed by atoms with van der Waals surface area (Å²) >= 11 is 0. The van der Waals surface area contributed by atoms with E-state index in [-0.39, 0.29) is 5.41 Å². The minimum atomic E-state index is 0.208. The van der Waals surface area contributed by atoms with Gasteiger partial charge in [-0.3, -0.25) is 0 Å². The van der Waals surface area contributed by atoms with Crippen molar-refractivity contribution in [1.82, 2.24) is 0 Å². The second kappa shape index (κ2) is 4.07. The van der Waals surface area contributed by atoms with Gasteiger partial charge in [0.05, 0.1) is 25.7 Å². The molecular weight excluding hydrogens is 176 g/mol. The summed E-state index contributed by atoms with van der Waals surface area (Å²) in [6.45, 7) is 6.68. The van der Waals surface area contributed by atoms with Crippen molar-refractivity contribution < 1.29 is 9.47 Å². The van der Waals surface area contributed by atoms with Gasteiger partial charge in [0.25, 0.3) is 0 Å². The molecule has 2 nitrogen and oxygen atoms in total. The lowest BCUT2D eigenvalue weighted by molar-refractivity contribution is 0.139. The van der Waals surface area contributed by atoms with E-state index in [1.165, 1.54) is 0 Å². The largest absolute Gasteiger partial charge is 0.501 e. The number of allylic oxidation sites excluding steroid dienone is 4. The molecule has 0 bridgehead atoms. The zero-order chi connectivity index (χ0) is 10.8. The fourth-order valence-corrected chi connectivity index (χ4v) is 1.76. The molecule has 0 aromatic carbocycles. The summed E-state index contributed by atoms with van der Waals surface area (Å²) in [6.07, 6.45) is 4.93. The average Bonchev–Trinajstić information content (AvgIpc) is 2.15. The lowest BCUT2D eigenvalue weighted by atomic mass is 9.75. The Morgan fingerprint density at radius 2 is 1.79 bits per heavy atom. The molecule has 0 N–H and O–H groups in total. The molecule has 0 radical (unpaired) electrons. The van der Waals surface area contributed by atoms with E-state index in [0.717, 1.165) is 17.9 Å². The first-order valence-electron chi connectivity index (χ1n) is 4.97. The SMILES string of the molecule is COC1=CC=C(OC)C(C(C)(C)C)C1. The van der Waals surface area contributed by atoms with Crippen LogP contribution in [-0.4, -0.2) is 14.2 Å². The number of hydrogen-bond donors (Lipinski definition) is 0. The Hall–Kier alpha value is -0.920. The van der Waals surface area contributed by atoms with Crippen molar-refractivity contribution >= 4 is 0 Å². The highest BCUT2D eigenvalue weighted by molar-refractivity contribution is 5.21. The first-order chi connectivity index (χ1) is 6.49. The van der Waals surface area contributed by atoms with E-state index in [0.29, 0.717) is 5.92 Å². The number of ether oxygens (including phenoxy) is 2. The molecule has 14 heavy (non-hydrogen) atoms. The third kappa shape index (κ3) is 2.31. The van der Waals surface area contributed by atoms with E-state index in [1.54, 1.807) is 14.2 Å². The maximum absolute atomic E-state index is 5.38. The summed E-state index contributed by atoms with van der Waals surface area (Å²) in [7, 11) is 3.45. The van der Waals surface area contributed by atoms with Crippen LogP contribution >= 0.6 is 0 Å². The monoisotopic (exact) mass is 196 g/mol. The molecular formula is C12H20O2. The van der Waals surface area contributed by atoms with Crippen LogP contribution in [0.1, 0.15) is 27.2 Å². The zero-order valence-corrected chi connectivity index (χ0v) is 9.76. The summed E-state index contributed by atoms with van der Waals surface area (Å²) in [6, 6.07) is 0. The zero-order valence-electron chi connectivity index (χ0n) is 9.76. The molecule has 0 saturated carbocycles. The molecule has 0 spiro atoms. The lowest BCUT2D eigenvalue weighted by Gasteiger charge is -2.33. The van der Waals surface area contributed by atoms with Crippen molar-refractivity contribution in [2.24, 2.45) is 11.3 Å². The standard InChI is InChI=1S/C12H20O2/c1-12(2,3)10-8-9(13-4)6-7-11(10)14-5/h6-7,10H,8H2,1-5H3. The highest BCUT2D eigenvalue weighted by Gasteiger charge is 2.31. The highest BCUT2D eigenvalue weighted by Crippen LogP contribution is 2.39. The van der Waals surface area contributed by atoms with Crippen molar-refractivity contribution in [2.75, 3.05) is 14.2 Å². The summed E-state index contributed by atoms with van der Waals surface area (Å²) in [5.74, 6) is 2.50. The van der Waals surface area contributed by atoms with Crippen LogP contribution in [0.4, 0.5) is 0 Å². The van der Waals surface area contributed by atoms with Gasteiger partial charge in [0.1, 0.15) is 0 Å². The van der Waals surface area contributed by atoms with Crippen molar-refractivity contribution in [3.8, 4) is 0 Å². The van der Waals surface area contributed by atoms with E-state index in [2.05, 4.69) is 20.8 Å². The topological polar surface area (TPSA) is 18.5 Å². The molecule has 1 aliphatic carbocycles. The van der Waals surface area contributed by atoms with E-state index in [1.807, 2.05) is 12.2 Å². The molecule has 80 valence electrons. The second-order valence-corrected chi connectivity index (χ2v) is 4.73. The summed E-state index contributed by atoms with van der Waals surface area (Å²) < 4.78 is 10.7. The van der Waals surface area contributed by atoms with Crippen LogP contribution in [0, 0.1) is 11.3 Å². The molecule has 1 rings (SSSR count). The molecule has 0 heterocycles. The molecule has 0 saturated heterocycles. The van der Waals surface area contributed by atoms with Crippen molar-refractivity contribution in [3.63, 3.8) is 0 Å². The van der Waals surface area contributed by atoms with Crippen LogP contribution in [0.2, 0.25) is 0 Å². The molecule has 0 aromatic heterocycles. The summed E-state index contributed by atoms with van der Waals surface area (Å²) in [5.41, 5.74) is 0.208. The number of rotatable bonds is 2. The molecule has 2 heteroatoms. The Kier molecular flexibility index (Phi) is 3.25. The number of hydrogen-bond acceptors (Lipinski definition) is 2. The van der Waals surface area contributed by atoms with Crippen LogP contribution in [0.25, 0.3) is 0 Å². The number of methoxy groups -OCH3 is 2. The Morgan fingerprint density at radius 1 is 1.14 bits per heavy atom. The van der Waals surface area contributed by atoms with E-state index >= 15 is 0 Å². The minimum absolute atomic E-state index is 0.208. The fourth-order valence-electron chi connectivity index (χ4n) is 1.76. The van der Waals surface area contributed by atoms with Gasteiger partial charge in [-0.05, 0) is 17.6 Å². The maximum Gasteiger partial charge on any atom is 0.0997 e. The first-order valence-corrected chi connectivity index (χ1v) is 4.97. The molecule has 0 amide bonds. The molecule has 1 aliphatic rings. The van der Waals surface area contributed by atoms with E-state index in [4.69, 9.17) is 9.47 Å². The van der Waals surface area contributed by atoms with Crippen molar-refractivity contribution in [1.29, 1.82) is 0 Å². The van der Waals surface area contributed by atoms with Crippen LogP contribution in [0.15, 0.2) is 23.7 Å². The average molecular weight is 196 g/mol. The van der Waals surface area contributed by atoms with Gasteiger partial charge < -0.3 is 9.47 Å². The van der Waals surface area contributed by atoms with Gasteiger partial charge in [-0.2, -0.15) is 0 Å². The van der Waals surface area contributed by atoms with Gasteiger partial charge in [0, 0.05) is 12.3 Å². The summed E-state index contributed by atoms with van der Waals surface area (Å²) in [4.78, 5) is 0. The van der Waals surface area contributed by atoms with Crippen LogP contribution in [0.3, 0.4) is 0 Å². The van der Waals surface area contributed by atoms with Gasteiger partial charge in [-0.15, -0.1) is 0 Å². The van der Waals surface area contributed by atoms with Crippen molar-refractivity contribution in [2.45, 2.75) is 27.2 Å². The molecule has 0 fully saturated rings. The van der Waals surface area contributed by atoms with Gasteiger partial charge in [0.2, 0.25) is 0 Å². The van der Waals surface area contributed by atoms with Crippen molar-refractivity contribution in [3.05, 3.63) is 23.7 Å². The third-order valence-electron chi connectivity index (χ3n) is 2.73. The first kappa shape index (κ1) is 11.2. The third-order valence-corrected chi connectivity index (χ3v) is 2.73. The van der Waals surface area contributed by atoms with Crippen LogP contribution in [0.5, 0.6) is 0 Å². The Bertz CT molecular complexity index is 256. The predicted octanol–water partition coefficient (Wildman–Crippen LogP) is 3.11. The smallest absolute Gasteiger partial charge is 0.0997 e. The van der Waals surface area contributed by atoms with E-state index in [9.17, 15) is 0 Å². The normalized spacial score (nSPS) is 22.5. The fraction of sp³-hybridized carbons (Fsp3) is 0.667. The molecule has 0 aliphatic heterocycles. The Labute approximate surface area is 86.6 Å². The Balaban J connectivity index is 2.88. The van der Waals surface area contributed by atoms with Gasteiger partial charge in [-0.1, -0.05) is 20.8 Å². The molecule has 1 atom stereocenters. The Morgan fingerprint density at radius 3 is 2.21 bits per heavy atom. The minimum Gasteiger partial charge on any atom is -0.501 e. The maximum atomic E-state index is 5.38. The van der Waals surface area contributed by atoms with Crippen LogP contribution in [-0.2, 0) is 9.47 Å². The molecule has 1 unspecified atom stereocenters. The van der Waals surface area contributed by atoms with Crippen LogP contribution < -0.4 is 0 Å². The quantitative estimate of drug-likeness (QED) is 0.675.